The molecule has 1 aromatic rings. The molecule has 1 aliphatic rings. The van der Waals surface area contributed by atoms with Crippen molar-refractivity contribution in [3.63, 3.8) is 0 Å². The number of hydrogen-bond acceptors (Lipinski definition) is 1. The maximum Gasteiger partial charge on any atom is 0.0639 e. The first-order chi connectivity index (χ1) is 9.11. The molecule has 1 aliphatic heterocycles. The van der Waals surface area contributed by atoms with Crippen LogP contribution < -0.4 is 0 Å². The van der Waals surface area contributed by atoms with E-state index in [2.05, 4.69) is 45.0 Å². The van der Waals surface area contributed by atoms with Gasteiger partial charge in [-0.2, -0.15) is 0 Å². The normalized spacial score (nSPS) is 24.9. The molecule has 1 fully saturated rings. The van der Waals surface area contributed by atoms with Gasteiger partial charge < -0.3 is 4.74 Å². The highest BCUT2D eigenvalue weighted by Gasteiger charge is 2.33. The van der Waals surface area contributed by atoms with Crippen LogP contribution in [0.1, 0.15) is 50.1 Å². The fraction of sp³-hybridized carbons (Fsp3) is 0.647. The molecular weight excluding hydrogens is 256 g/mol. The van der Waals surface area contributed by atoms with Gasteiger partial charge in [0.1, 0.15) is 0 Å². The minimum Gasteiger partial charge on any atom is -0.378 e. The second-order valence-corrected chi connectivity index (χ2v) is 6.48. The van der Waals surface area contributed by atoms with E-state index >= 15 is 0 Å². The summed E-state index contributed by atoms with van der Waals surface area (Å²) in [5.74, 6) is 1.16. The van der Waals surface area contributed by atoms with E-state index in [1.165, 1.54) is 11.1 Å². The van der Waals surface area contributed by atoms with Crippen LogP contribution >= 0.6 is 11.6 Å². The van der Waals surface area contributed by atoms with E-state index in [9.17, 15) is 0 Å². The van der Waals surface area contributed by atoms with Gasteiger partial charge in [0.05, 0.1) is 11.5 Å². The molecule has 2 heteroatoms. The van der Waals surface area contributed by atoms with Gasteiger partial charge in [-0.3, -0.25) is 0 Å². The predicted octanol–water partition coefficient (Wildman–Crippen LogP) is 4.98. The van der Waals surface area contributed by atoms with Gasteiger partial charge in [0, 0.05) is 12.5 Å². The summed E-state index contributed by atoms with van der Waals surface area (Å²) in [6, 6.07) is 8.84. The zero-order valence-corrected chi connectivity index (χ0v) is 13.0. The molecular formula is C17H25ClO. The van der Waals surface area contributed by atoms with E-state index in [-0.39, 0.29) is 5.38 Å². The van der Waals surface area contributed by atoms with Crippen LogP contribution in [0.3, 0.4) is 0 Å². The number of rotatable bonds is 5. The van der Waals surface area contributed by atoms with Crippen LogP contribution in [0.4, 0.5) is 0 Å². The van der Waals surface area contributed by atoms with Crippen molar-refractivity contribution >= 4 is 11.6 Å². The molecule has 106 valence electrons. The zero-order valence-electron chi connectivity index (χ0n) is 12.2. The average molecular weight is 281 g/mol. The van der Waals surface area contributed by atoms with Gasteiger partial charge in [0.25, 0.3) is 0 Å². The molecule has 0 spiro atoms. The van der Waals surface area contributed by atoms with Gasteiger partial charge in [-0.1, -0.05) is 45.0 Å². The molecule has 0 bridgehead atoms. The van der Waals surface area contributed by atoms with Crippen LogP contribution in [0.2, 0.25) is 0 Å². The largest absolute Gasteiger partial charge is 0.378 e. The molecule has 1 nitrogen and oxygen atoms in total. The lowest BCUT2D eigenvalue weighted by Crippen LogP contribution is -2.19. The van der Waals surface area contributed by atoms with E-state index in [0.717, 1.165) is 25.9 Å². The van der Waals surface area contributed by atoms with Crippen molar-refractivity contribution in [2.45, 2.75) is 51.5 Å². The Morgan fingerprint density at radius 2 is 1.95 bits per heavy atom. The van der Waals surface area contributed by atoms with Crippen molar-refractivity contribution in [2.75, 3.05) is 6.61 Å². The number of ether oxygens (including phenoxy) is 1. The minimum absolute atomic E-state index is 0.0838. The van der Waals surface area contributed by atoms with Crippen molar-refractivity contribution in [2.24, 2.45) is 11.8 Å². The van der Waals surface area contributed by atoms with Crippen molar-refractivity contribution in [3.8, 4) is 0 Å². The molecule has 0 saturated carbocycles. The van der Waals surface area contributed by atoms with Gasteiger partial charge in [0.15, 0.2) is 0 Å². The minimum atomic E-state index is 0.0838. The Kier molecular flexibility index (Phi) is 5.29. The summed E-state index contributed by atoms with van der Waals surface area (Å²) in [5, 5.41) is 0.0838. The molecule has 0 N–H and O–H groups in total. The van der Waals surface area contributed by atoms with E-state index in [0.29, 0.717) is 17.9 Å². The third-order valence-corrected chi connectivity index (χ3v) is 4.56. The highest BCUT2D eigenvalue weighted by atomic mass is 35.5. The Bertz CT molecular complexity index is 385. The Morgan fingerprint density at radius 1 is 1.26 bits per heavy atom. The monoisotopic (exact) mass is 280 g/mol. The molecule has 1 saturated heterocycles. The van der Waals surface area contributed by atoms with Crippen LogP contribution in [0, 0.1) is 11.8 Å². The smallest absolute Gasteiger partial charge is 0.0639 e. The van der Waals surface area contributed by atoms with E-state index < -0.39 is 0 Å². The summed E-state index contributed by atoms with van der Waals surface area (Å²) < 4.78 is 5.75. The van der Waals surface area contributed by atoms with Crippen molar-refractivity contribution in [1.29, 1.82) is 0 Å². The topological polar surface area (TPSA) is 9.23 Å². The van der Waals surface area contributed by atoms with Gasteiger partial charge in [-0.15, -0.1) is 11.6 Å². The van der Waals surface area contributed by atoms with Crippen LogP contribution in [-0.4, -0.2) is 12.7 Å². The second kappa shape index (κ2) is 6.76. The first-order valence-electron chi connectivity index (χ1n) is 7.46. The molecule has 0 radical (unpaired) electrons. The predicted molar refractivity (Wildman–Crippen MR) is 81.7 cm³/mol. The number of alkyl halides is 1. The summed E-state index contributed by atoms with van der Waals surface area (Å²) in [6.07, 6.45) is 3.61. The number of halogens is 1. The Morgan fingerprint density at radius 3 is 2.53 bits per heavy atom. The zero-order chi connectivity index (χ0) is 13.8. The second-order valence-electron chi connectivity index (χ2n) is 6.01. The first kappa shape index (κ1) is 14.9. The van der Waals surface area contributed by atoms with Crippen LogP contribution in [0.5, 0.6) is 0 Å². The van der Waals surface area contributed by atoms with Crippen LogP contribution in [0.15, 0.2) is 24.3 Å². The van der Waals surface area contributed by atoms with Crippen LogP contribution in [0.25, 0.3) is 0 Å². The number of hydrogen-bond donors (Lipinski definition) is 0. The number of benzene rings is 1. The lowest BCUT2D eigenvalue weighted by molar-refractivity contribution is 0.0864. The first-order valence-corrected chi connectivity index (χ1v) is 7.90. The third-order valence-electron chi connectivity index (χ3n) is 3.98. The molecule has 0 amide bonds. The summed E-state index contributed by atoms with van der Waals surface area (Å²) in [5.41, 5.74) is 2.64. The Hall–Kier alpha value is -0.530. The van der Waals surface area contributed by atoms with Gasteiger partial charge in [-0.25, -0.2) is 0 Å². The molecule has 1 aromatic carbocycles. The van der Waals surface area contributed by atoms with Crippen LogP contribution in [-0.2, 0) is 11.2 Å². The average Bonchev–Trinajstić information content (AvgIpc) is 2.86. The quantitative estimate of drug-likeness (QED) is 0.691. The van der Waals surface area contributed by atoms with Gasteiger partial charge in [0.2, 0.25) is 0 Å². The van der Waals surface area contributed by atoms with E-state index in [1.54, 1.807) is 0 Å². The van der Waals surface area contributed by atoms with Gasteiger partial charge >= 0.3 is 0 Å². The third kappa shape index (κ3) is 3.73. The van der Waals surface area contributed by atoms with Crippen molar-refractivity contribution < 1.29 is 4.74 Å². The summed E-state index contributed by atoms with van der Waals surface area (Å²) >= 11 is 6.66. The Labute approximate surface area is 122 Å². The lowest BCUT2D eigenvalue weighted by atomic mass is 9.90. The van der Waals surface area contributed by atoms with E-state index in [1.807, 2.05) is 0 Å². The Balaban J connectivity index is 2.04. The van der Waals surface area contributed by atoms with Crippen molar-refractivity contribution in [3.05, 3.63) is 35.4 Å². The molecule has 0 aromatic heterocycles. The molecule has 3 atom stereocenters. The maximum absolute atomic E-state index is 6.66. The molecule has 0 aliphatic carbocycles. The molecule has 3 unspecified atom stereocenters. The summed E-state index contributed by atoms with van der Waals surface area (Å²) in [6.45, 7) is 7.54. The van der Waals surface area contributed by atoms with E-state index in [4.69, 9.17) is 16.3 Å². The summed E-state index contributed by atoms with van der Waals surface area (Å²) in [7, 11) is 0. The highest BCUT2D eigenvalue weighted by Crippen LogP contribution is 2.39. The SMILES string of the molecule is CCC1OCCC1C(Cl)c1ccc(CC(C)C)cc1. The molecule has 2 rings (SSSR count). The standard InChI is InChI=1S/C17H25ClO/c1-4-16-15(9-10-19-16)17(18)14-7-5-13(6-8-14)11-12(2)3/h5-8,12,15-17H,4,9-11H2,1-3H3. The molecule has 1 heterocycles. The lowest BCUT2D eigenvalue weighted by Gasteiger charge is -2.22. The maximum atomic E-state index is 6.66. The fourth-order valence-electron chi connectivity index (χ4n) is 2.98. The van der Waals surface area contributed by atoms with Gasteiger partial charge in [-0.05, 0) is 36.3 Å². The van der Waals surface area contributed by atoms with Crippen molar-refractivity contribution in [1.82, 2.24) is 0 Å². The summed E-state index contributed by atoms with van der Waals surface area (Å²) in [4.78, 5) is 0. The highest BCUT2D eigenvalue weighted by molar-refractivity contribution is 6.21. The molecule has 19 heavy (non-hydrogen) atoms. The fourth-order valence-corrected chi connectivity index (χ4v) is 3.41.